The first kappa shape index (κ1) is 15.1. The summed E-state index contributed by atoms with van der Waals surface area (Å²) in [5.74, 6) is 1.22. The van der Waals surface area contributed by atoms with Gasteiger partial charge in [0.2, 0.25) is 5.09 Å². The number of piperidine rings is 1. The Hall–Kier alpha value is -0.850. The van der Waals surface area contributed by atoms with Crippen LogP contribution >= 0.6 is 0 Å². The third-order valence-electron chi connectivity index (χ3n) is 4.69. The zero-order valence-corrected chi connectivity index (χ0v) is 13.4. The van der Waals surface area contributed by atoms with E-state index < -0.39 is 10.0 Å². The molecule has 1 aliphatic carbocycles. The first-order valence-corrected chi connectivity index (χ1v) is 9.38. The average Bonchev–Trinajstić information content (AvgIpc) is 3.13. The Labute approximate surface area is 126 Å². The third-order valence-corrected chi connectivity index (χ3v) is 6.49. The molecule has 1 saturated carbocycles. The molecular weight excluding hydrogens is 288 g/mol. The summed E-state index contributed by atoms with van der Waals surface area (Å²) in [5.41, 5.74) is 0. The minimum atomic E-state index is -3.48. The number of hydrogen-bond acceptors (Lipinski definition) is 4. The van der Waals surface area contributed by atoms with E-state index in [2.05, 4.69) is 5.32 Å². The van der Waals surface area contributed by atoms with Gasteiger partial charge in [-0.25, -0.2) is 8.42 Å². The summed E-state index contributed by atoms with van der Waals surface area (Å²) in [6, 6.07) is 3.54. The monoisotopic (exact) mass is 312 g/mol. The van der Waals surface area contributed by atoms with Gasteiger partial charge >= 0.3 is 0 Å². The molecule has 21 heavy (non-hydrogen) atoms. The van der Waals surface area contributed by atoms with Gasteiger partial charge in [0, 0.05) is 12.6 Å². The maximum atomic E-state index is 12.8. The standard InChI is InChI=1S/C15H24N2O3S/c1-2-16-11-13-8-9-15(20-13)21(18,19)17-10-4-6-12-5-3-7-14(12)17/h8-9,12,14,16H,2-7,10-11H2,1H3. The SMILES string of the molecule is CCNCc1ccc(S(=O)(=O)N2CCCC3CCCC32)o1. The Kier molecular flexibility index (Phi) is 4.38. The minimum absolute atomic E-state index is 0.1000. The lowest BCUT2D eigenvalue weighted by atomic mass is 9.94. The predicted molar refractivity (Wildman–Crippen MR) is 80.3 cm³/mol. The number of hydrogen-bond donors (Lipinski definition) is 1. The Morgan fingerprint density at radius 3 is 2.90 bits per heavy atom. The number of nitrogens with one attached hydrogen (secondary N) is 1. The van der Waals surface area contributed by atoms with Crippen LogP contribution in [0, 0.1) is 5.92 Å². The molecule has 0 spiro atoms. The predicted octanol–water partition coefficient (Wildman–Crippen LogP) is 2.34. The molecule has 0 radical (unpaired) electrons. The number of rotatable bonds is 5. The molecule has 1 aliphatic heterocycles. The van der Waals surface area contributed by atoms with Crippen molar-refractivity contribution in [2.45, 2.75) is 56.7 Å². The van der Waals surface area contributed by atoms with Gasteiger partial charge in [-0.1, -0.05) is 13.3 Å². The Bertz CT molecular complexity index is 581. The molecule has 2 fully saturated rings. The molecule has 118 valence electrons. The van der Waals surface area contributed by atoms with Gasteiger partial charge in [0.05, 0.1) is 6.54 Å². The number of sulfonamides is 1. The van der Waals surface area contributed by atoms with Gasteiger partial charge < -0.3 is 9.73 Å². The average molecular weight is 312 g/mol. The molecule has 6 heteroatoms. The van der Waals surface area contributed by atoms with Crippen molar-refractivity contribution < 1.29 is 12.8 Å². The van der Waals surface area contributed by atoms with E-state index in [1.807, 2.05) is 6.92 Å². The fourth-order valence-electron chi connectivity index (χ4n) is 3.66. The molecule has 0 amide bonds. The number of fused-ring (bicyclic) bond motifs is 1. The van der Waals surface area contributed by atoms with Crippen molar-refractivity contribution in [2.75, 3.05) is 13.1 Å². The second kappa shape index (κ2) is 6.10. The van der Waals surface area contributed by atoms with Crippen molar-refractivity contribution in [3.05, 3.63) is 17.9 Å². The van der Waals surface area contributed by atoms with Crippen LogP contribution < -0.4 is 5.32 Å². The molecule has 2 aliphatic rings. The summed E-state index contributed by atoms with van der Waals surface area (Å²) in [6.45, 7) is 4.04. The van der Waals surface area contributed by atoms with Crippen molar-refractivity contribution in [3.63, 3.8) is 0 Å². The van der Waals surface area contributed by atoms with Gasteiger partial charge in [-0.2, -0.15) is 4.31 Å². The van der Waals surface area contributed by atoms with Crippen molar-refractivity contribution in [1.82, 2.24) is 9.62 Å². The zero-order valence-electron chi connectivity index (χ0n) is 12.5. The van der Waals surface area contributed by atoms with E-state index >= 15 is 0 Å². The van der Waals surface area contributed by atoms with Crippen molar-refractivity contribution in [2.24, 2.45) is 5.92 Å². The van der Waals surface area contributed by atoms with E-state index in [1.54, 1.807) is 16.4 Å². The van der Waals surface area contributed by atoms with E-state index in [9.17, 15) is 8.42 Å². The number of nitrogens with zero attached hydrogens (tertiary/aromatic N) is 1. The summed E-state index contributed by atoms with van der Waals surface area (Å²) in [6.07, 6.45) is 5.44. The maximum absolute atomic E-state index is 12.8. The molecule has 1 N–H and O–H groups in total. The Balaban J connectivity index is 1.80. The van der Waals surface area contributed by atoms with Gasteiger partial charge in [-0.3, -0.25) is 0 Å². The minimum Gasteiger partial charge on any atom is -0.447 e. The van der Waals surface area contributed by atoms with E-state index in [-0.39, 0.29) is 11.1 Å². The van der Waals surface area contributed by atoms with Crippen LogP contribution in [0.1, 0.15) is 44.8 Å². The highest BCUT2D eigenvalue weighted by atomic mass is 32.2. The third kappa shape index (κ3) is 2.89. The van der Waals surface area contributed by atoms with E-state index in [0.29, 0.717) is 24.8 Å². The normalized spacial score (nSPS) is 26.9. The van der Waals surface area contributed by atoms with Gasteiger partial charge in [-0.15, -0.1) is 0 Å². The summed E-state index contributed by atoms with van der Waals surface area (Å²) in [4.78, 5) is 0. The lowest BCUT2D eigenvalue weighted by Crippen LogP contribution is -2.45. The van der Waals surface area contributed by atoms with Crippen molar-refractivity contribution in [3.8, 4) is 0 Å². The summed E-state index contributed by atoms with van der Waals surface area (Å²) < 4.78 is 32.9. The molecule has 1 saturated heterocycles. The molecule has 2 atom stereocenters. The van der Waals surface area contributed by atoms with Gasteiger partial charge in [0.1, 0.15) is 5.76 Å². The molecule has 1 aromatic rings. The Morgan fingerprint density at radius 2 is 2.10 bits per heavy atom. The molecule has 2 unspecified atom stereocenters. The largest absolute Gasteiger partial charge is 0.447 e. The second-order valence-corrected chi connectivity index (χ2v) is 7.84. The molecule has 0 aromatic carbocycles. The lowest BCUT2D eigenvalue weighted by molar-refractivity contribution is 0.198. The summed E-state index contributed by atoms with van der Waals surface area (Å²) >= 11 is 0. The van der Waals surface area contributed by atoms with E-state index in [4.69, 9.17) is 4.42 Å². The second-order valence-electron chi connectivity index (χ2n) is 6.02. The molecule has 1 aromatic heterocycles. The lowest BCUT2D eigenvalue weighted by Gasteiger charge is -2.35. The fourth-order valence-corrected chi connectivity index (χ4v) is 5.35. The van der Waals surface area contributed by atoms with Crippen LogP contribution in [0.15, 0.2) is 21.6 Å². The fraction of sp³-hybridized carbons (Fsp3) is 0.733. The maximum Gasteiger partial charge on any atom is 0.276 e. The summed E-state index contributed by atoms with van der Waals surface area (Å²) in [5, 5.41) is 3.24. The van der Waals surface area contributed by atoms with Crippen LogP contribution in [0.4, 0.5) is 0 Å². The highest BCUT2D eigenvalue weighted by molar-refractivity contribution is 7.89. The highest BCUT2D eigenvalue weighted by Gasteiger charge is 2.42. The van der Waals surface area contributed by atoms with Crippen LogP contribution in [0.25, 0.3) is 0 Å². The molecule has 3 rings (SSSR count). The topological polar surface area (TPSA) is 62.6 Å². The van der Waals surface area contributed by atoms with Crippen LogP contribution in [0.5, 0.6) is 0 Å². The number of furan rings is 1. The first-order chi connectivity index (χ1) is 10.1. The highest BCUT2D eigenvalue weighted by Crippen LogP contribution is 2.39. The van der Waals surface area contributed by atoms with Crippen LogP contribution in [0.2, 0.25) is 0 Å². The summed E-state index contributed by atoms with van der Waals surface area (Å²) in [7, 11) is -3.48. The van der Waals surface area contributed by atoms with Crippen molar-refractivity contribution >= 4 is 10.0 Å². The molecular formula is C15H24N2O3S. The van der Waals surface area contributed by atoms with Gasteiger partial charge in [0.15, 0.2) is 0 Å². The molecule has 5 nitrogen and oxygen atoms in total. The molecule has 2 heterocycles. The van der Waals surface area contributed by atoms with Gasteiger partial charge in [-0.05, 0) is 50.3 Å². The van der Waals surface area contributed by atoms with E-state index in [0.717, 1.165) is 25.8 Å². The Morgan fingerprint density at radius 1 is 1.29 bits per heavy atom. The van der Waals surface area contributed by atoms with Gasteiger partial charge in [0.25, 0.3) is 10.0 Å². The van der Waals surface area contributed by atoms with E-state index in [1.165, 1.54) is 12.8 Å². The molecule has 0 bridgehead atoms. The quantitative estimate of drug-likeness (QED) is 0.906. The first-order valence-electron chi connectivity index (χ1n) is 7.94. The van der Waals surface area contributed by atoms with Crippen LogP contribution in [-0.2, 0) is 16.6 Å². The zero-order chi connectivity index (χ0) is 14.9. The van der Waals surface area contributed by atoms with Crippen LogP contribution in [-0.4, -0.2) is 31.9 Å². The van der Waals surface area contributed by atoms with Crippen molar-refractivity contribution in [1.29, 1.82) is 0 Å². The smallest absolute Gasteiger partial charge is 0.276 e. The van der Waals surface area contributed by atoms with Crippen LogP contribution in [0.3, 0.4) is 0 Å².